The SMILES string of the molecule is COC(=O)c1cc(CN(C)C(C)C)oc1C. The zero-order valence-electron chi connectivity index (χ0n) is 10.5. The molecule has 0 aliphatic carbocycles. The third-order valence-electron chi connectivity index (χ3n) is 2.66. The van der Waals surface area contributed by atoms with Gasteiger partial charge in [0.2, 0.25) is 0 Å². The van der Waals surface area contributed by atoms with E-state index in [1.807, 2.05) is 7.05 Å². The van der Waals surface area contributed by atoms with Gasteiger partial charge in [-0.3, -0.25) is 4.90 Å². The van der Waals surface area contributed by atoms with Crippen molar-refractivity contribution in [3.8, 4) is 0 Å². The van der Waals surface area contributed by atoms with Crippen LogP contribution >= 0.6 is 0 Å². The molecule has 0 aliphatic heterocycles. The molecule has 0 aliphatic rings. The van der Waals surface area contributed by atoms with Crippen LogP contribution in [0.2, 0.25) is 0 Å². The smallest absolute Gasteiger partial charge is 0.341 e. The molecule has 1 heterocycles. The molecule has 1 aromatic rings. The van der Waals surface area contributed by atoms with Gasteiger partial charge in [-0.1, -0.05) is 0 Å². The third-order valence-corrected chi connectivity index (χ3v) is 2.66. The highest BCUT2D eigenvalue weighted by molar-refractivity contribution is 5.90. The summed E-state index contributed by atoms with van der Waals surface area (Å²) in [7, 11) is 3.38. The summed E-state index contributed by atoms with van der Waals surface area (Å²) in [5, 5.41) is 0. The van der Waals surface area contributed by atoms with E-state index in [0.29, 0.717) is 23.9 Å². The molecule has 90 valence electrons. The van der Waals surface area contributed by atoms with E-state index in [9.17, 15) is 4.79 Å². The van der Waals surface area contributed by atoms with Crippen LogP contribution < -0.4 is 0 Å². The maximum atomic E-state index is 11.4. The van der Waals surface area contributed by atoms with Gasteiger partial charge < -0.3 is 9.15 Å². The zero-order chi connectivity index (χ0) is 12.3. The summed E-state index contributed by atoms with van der Waals surface area (Å²) in [6.07, 6.45) is 0. The Hall–Kier alpha value is -1.29. The first kappa shape index (κ1) is 12.8. The van der Waals surface area contributed by atoms with Crippen LogP contribution in [0.5, 0.6) is 0 Å². The van der Waals surface area contributed by atoms with Crippen molar-refractivity contribution in [2.24, 2.45) is 0 Å². The first-order valence-corrected chi connectivity index (χ1v) is 5.33. The first-order chi connectivity index (χ1) is 7.45. The van der Waals surface area contributed by atoms with E-state index < -0.39 is 0 Å². The number of aryl methyl sites for hydroxylation is 1. The van der Waals surface area contributed by atoms with Gasteiger partial charge in [-0.05, 0) is 33.9 Å². The number of hydrogen-bond acceptors (Lipinski definition) is 4. The first-order valence-electron chi connectivity index (χ1n) is 5.33. The van der Waals surface area contributed by atoms with Crippen molar-refractivity contribution in [2.45, 2.75) is 33.4 Å². The van der Waals surface area contributed by atoms with Gasteiger partial charge in [0.05, 0.1) is 13.7 Å². The molecule has 0 N–H and O–H groups in total. The van der Waals surface area contributed by atoms with Gasteiger partial charge in [-0.2, -0.15) is 0 Å². The third kappa shape index (κ3) is 2.85. The minimum Gasteiger partial charge on any atom is -0.465 e. The fourth-order valence-corrected chi connectivity index (χ4v) is 1.36. The van der Waals surface area contributed by atoms with Crippen molar-refractivity contribution < 1.29 is 13.9 Å². The number of furan rings is 1. The fourth-order valence-electron chi connectivity index (χ4n) is 1.36. The number of rotatable bonds is 4. The molecule has 16 heavy (non-hydrogen) atoms. The molecule has 0 saturated carbocycles. The largest absolute Gasteiger partial charge is 0.465 e. The van der Waals surface area contributed by atoms with Crippen LogP contribution in [-0.4, -0.2) is 31.1 Å². The molecule has 0 saturated heterocycles. The van der Waals surface area contributed by atoms with Gasteiger partial charge in [0, 0.05) is 6.04 Å². The summed E-state index contributed by atoms with van der Waals surface area (Å²) in [6.45, 7) is 6.68. The zero-order valence-corrected chi connectivity index (χ0v) is 10.5. The Bertz CT molecular complexity index is 368. The number of carbonyl (C=O) groups excluding carboxylic acids is 1. The Kier molecular flexibility index (Phi) is 4.12. The molecular weight excluding hydrogens is 206 g/mol. The van der Waals surface area contributed by atoms with Crippen molar-refractivity contribution >= 4 is 5.97 Å². The van der Waals surface area contributed by atoms with E-state index >= 15 is 0 Å². The van der Waals surface area contributed by atoms with E-state index in [1.165, 1.54) is 7.11 Å². The molecule has 1 rings (SSSR count). The Morgan fingerprint density at radius 1 is 1.56 bits per heavy atom. The van der Waals surface area contributed by atoms with Crippen LogP contribution in [0.1, 0.15) is 35.7 Å². The van der Waals surface area contributed by atoms with Gasteiger partial charge >= 0.3 is 5.97 Å². The van der Waals surface area contributed by atoms with Crippen LogP contribution in [0.4, 0.5) is 0 Å². The Balaban J connectivity index is 2.81. The normalized spacial score (nSPS) is 11.2. The predicted molar refractivity (Wildman–Crippen MR) is 61.4 cm³/mol. The lowest BCUT2D eigenvalue weighted by molar-refractivity contribution is 0.0599. The van der Waals surface area contributed by atoms with E-state index in [2.05, 4.69) is 23.5 Å². The van der Waals surface area contributed by atoms with Gasteiger partial charge in [-0.15, -0.1) is 0 Å². The number of methoxy groups -OCH3 is 1. The van der Waals surface area contributed by atoms with Crippen LogP contribution in [0.25, 0.3) is 0 Å². The van der Waals surface area contributed by atoms with E-state index in [4.69, 9.17) is 4.42 Å². The molecule has 0 atom stereocenters. The van der Waals surface area contributed by atoms with Crippen molar-refractivity contribution in [3.63, 3.8) is 0 Å². The molecule has 0 bridgehead atoms. The average Bonchev–Trinajstić information content (AvgIpc) is 2.58. The Morgan fingerprint density at radius 2 is 2.19 bits per heavy atom. The fraction of sp³-hybridized carbons (Fsp3) is 0.583. The lowest BCUT2D eigenvalue weighted by Crippen LogP contribution is -2.25. The number of ether oxygens (including phenoxy) is 1. The minimum absolute atomic E-state index is 0.347. The predicted octanol–water partition coefficient (Wildman–Crippen LogP) is 2.21. The highest BCUT2D eigenvalue weighted by Gasteiger charge is 2.16. The topological polar surface area (TPSA) is 42.7 Å². The highest BCUT2D eigenvalue weighted by atomic mass is 16.5. The molecule has 0 unspecified atom stereocenters. The average molecular weight is 225 g/mol. The van der Waals surface area contributed by atoms with Crippen LogP contribution in [-0.2, 0) is 11.3 Å². The molecule has 0 fully saturated rings. The lowest BCUT2D eigenvalue weighted by Gasteiger charge is -2.19. The maximum Gasteiger partial charge on any atom is 0.341 e. The lowest BCUT2D eigenvalue weighted by atomic mass is 10.2. The molecule has 1 aromatic heterocycles. The molecule has 0 amide bonds. The van der Waals surface area contributed by atoms with Crippen molar-refractivity contribution in [1.29, 1.82) is 0 Å². The van der Waals surface area contributed by atoms with Gasteiger partial charge in [0.25, 0.3) is 0 Å². The Morgan fingerprint density at radius 3 is 2.69 bits per heavy atom. The second kappa shape index (κ2) is 5.16. The summed E-state index contributed by atoms with van der Waals surface area (Å²) >= 11 is 0. The van der Waals surface area contributed by atoms with Crippen molar-refractivity contribution in [2.75, 3.05) is 14.2 Å². The molecular formula is C12H19NO3. The van der Waals surface area contributed by atoms with Gasteiger partial charge in [-0.25, -0.2) is 4.79 Å². The van der Waals surface area contributed by atoms with Crippen LogP contribution in [0, 0.1) is 6.92 Å². The minimum atomic E-state index is -0.347. The molecule has 0 aromatic carbocycles. The standard InChI is InChI=1S/C12H19NO3/c1-8(2)13(4)7-10-6-11(9(3)16-10)12(14)15-5/h6,8H,7H2,1-5H3. The second-order valence-electron chi connectivity index (χ2n) is 4.18. The second-order valence-corrected chi connectivity index (χ2v) is 4.18. The molecule has 0 radical (unpaired) electrons. The van der Waals surface area contributed by atoms with Crippen molar-refractivity contribution in [3.05, 3.63) is 23.2 Å². The molecule has 0 spiro atoms. The summed E-state index contributed by atoms with van der Waals surface area (Å²) < 4.78 is 10.2. The number of carbonyl (C=O) groups is 1. The van der Waals surface area contributed by atoms with Crippen LogP contribution in [0.3, 0.4) is 0 Å². The van der Waals surface area contributed by atoms with Crippen molar-refractivity contribution in [1.82, 2.24) is 4.90 Å². The van der Waals surface area contributed by atoms with Gasteiger partial charge in [0.1, 0.15) is 17.1 Å². The maximum absolute atomic E-state index is 11.4. The van der Waals surface area contributed by atoms with E-state index in [-0.39, 0.29) is 5.97 Å². The summed E-state index contributed by atoms with van der Waals surface area (Å²) in [4.78, 5) is 13.5. The molecule has 4 nitrogen and oxygen atoms in total. The molecule has 4 heteroatoms. The van der Waals surface area contributed by atoms with E-state index in [1.54, 1.807) is 13.0 Å². The van der Waals surface area contributed by atoms with Crippen LogP contribution in [0.15, 0.2) is 10.5 Å². The monoisotopic (exact) mass is 225 g/mol. The highest BCUT2D eigenvalue weighted by Crippen LogP contribution is 2.17. The number of esters is 1. The number of hydrogen-bond donors (Lipinski definition) is 0. The number of nitrogens with zero attached hydrogens (tertiary/aromatic N) is 1. The summed E-state index contributed by atoms with van der Waals surface area (Å²) in [6, 6.07) is 2.19. The van der Waals surface area contributed by atoms with Gasteiger partial charge in [0.15, 0.2) is 0 Å². The van der Waals surface area contributed by atoms with E-state index in [0.717, 1.165) is 5.76 Å². The quantitative estimate of drug-likeness (QED) is 0.737. The summed E-state index contributed by atoms with van der Waals surface area (Å²) in [5.74, 6) is 1.05. The Labute approximate surface area is 96.2 Å². The summed E-state index contributed by atoms with van der Waals surface area (Å²) in [5.41, 5.74) is 0.509.